The Morgan fingerprint density at radius 3 is 2.39 bits per heavy atom. The maximum atomic E-state index is 15.8. The predicted molar refractivity (Wildman–Crippen MR) is 130 cm³/mol. The fraction of sp³-hybridized carbons (Fsp3) is 0.462. The molecule has 3 aliphatic carbocycles. The monoisotopic (exact) mass is 531 g/mol. The summed E-state index contributed by atoms with van der Waals surface area (Å²) in [5.74, 6) is -8.66. The van der Waals surface area contributed by atoms with E-state index in [1.165, 1.54) is 4.90 Å². The number of hydrogen-bond donors (Lipinski definition) is 5. The zero-order valence-corrected chi connectivity index (χ0v) is 21.4. The topological polar surface area (TPSA) is 182 Å². The lowest BCUT2D eigenvalue weighted by atomic mass is 9.60. The molecular formula is C26H30FN3O8. The van der Waals surface area contributed by atoms with Crippen LogP contribution in [-0.2, 0) is 27.3 Å². The van der Waals surface area contributed by atoms with Crippen molar-refractivity contribution in [3.8, 4) is 5.75 Å². The number of fused-ring (bicyclic) bond motifs is 3. The highest BCUT2D eigenvalue weighted by Gasteiger charge is 2.59. The second-order valence-corrected chi connectivity index (χ2v) is 10.5. The number of carbonyl (C=O) groups is 4. The van der Waals surface area contributed by atoms with Crippen molar-refractivity contribution in [2.75, 3.05) is 21.1 Å². The third-order valence-electron chi connectivity index (χ3n) is 7.95. The number of Topliss-reactive ketones (excluding diaryl/α,β-unsaturated/α-hetero) is 2. The van der Waals surface area contributed by atoms with Gasteiger partial charge in [0.1, 0.15) is 28.7 Å². The second kappa shape index (κ2) is 9.21. The molecule has 4 rings (SSSR count). The maximum absolute atomic E-state index is 15.8. The molecule has 0 radical (unpaired) electrons. The van der Waals surface area contributed by atoms with Gasteiger partial charge >= 0.3 is 0 Å². The standard InChI is InChI=1S/C26H30FN3O8/c1-10(25(37)29(2)3)30(4)9-12-7-15(31)18-14(20(12)27)6-11-5-13-8-16(32)19(24(28)36)23(35)26(13,38)22(34)17(11)21(18)33/h7,10-11,13,31-32,34,38H,5-6,8-9H2,1-4H3,(H2,28,36)/t10-,11?,13?,26?/m1/s1. The van der Waals surface area contributed by atoms with Crippen molar-refractivity contribution >= 4 is 23.4 Å². The fourth-order valence-corrected chi connectivity index (χ4v) is 5.81. The van der Waals surface area contributed by atoms with E-state index in [-0.39, 0.29) is 48.4 Å². The summed E-state index contributed by atoms with van der Waals surface area (Å²) >= 11 is 0. The Labute approximate surface area is 217 Å². The Morgan fingerprint density at radius 2 is 1.82 bits per heavy atom. The number of likely N-dealkylation sites (N-methyl/N-ethyl adjacent to an activating group) is 2. The minimum atomic E-state index is -2.68. The summed E-state index contributed by atoms with van der Waals surface area (Å²) in [6.07, 6.45) is -0.606. The summed E-state index contributed by atoms with van der Waals surface area (Å²) in [5.41, 5.74) is 0.847. The maximum Gasteiger partial charge on any atom is 0.255 e. The summed E-state index contributed by atoms with van der Waals surface area (Å²) in [6, 6.07) is 0.479. The number of primary amides is 1. The van der Waals surface area contributed by atoms with Crippen LogP contribution in [0.1, 0.15) is 41.3 Å². The first-order valence-corrected chi connectivity index (χ1v) is 12.0. The number of carbonyl (C=O) groups excluding carboxylic acids is 4. The van der Waals surface area contributed by atoms with Crippen LogP contribution in [-0.4, -0.2) is 86.4 Å². The highest BCUT2D eigenvalue weighted by atomic mass is 19.1. The number of nitrogens with two attached hydrogens (primary N) is 1. The van der Waals surface area contributed by atoms with E-state index < -0.39 is 75.2 Å². The molecule has 0 saturated carbocycles. The van der Waals surface area contributed by atoms with Gasteiger partial charge in [0, 0.05) is 49.7 Å². The molecule has 6 N–H and O–H groups in total. The number of rotatable bonds is 5. The van der Waals surface area contributed by atoms with Crippen LogP contribution < -0.4 is 5.73 Å². The molecule has 0 spiro atoms. The van der Waals surface area contributed by atoms with E-state index in [9.17, 15) is 39.6 Å². The summed E-state index contributed by atoms with van der Waals surface area (Å²) in [4.78, 5) is 53.5. The first-order chi connectivity index (χ1) is 17.6. The van der Waals surface area contributed by atoms with Gasteiger partial charge in [-0.3, -0.25) is 24.1 Å². The number of aromatic hydroxyl groups is 1. The van der Waals surface area contributed by atoms with Gasteiger partial charge in [-0.05, 0) is 38.8 Å². The van der Waals surface area contributed by atoms with Crippen LogP contribution >= 0.6 is 0 Å². The largest absolute Gasteiger partial charge is 0.511 e. The Kier molecular flexibility index (Phi) is 6.61. The third-order valence-corrected chi connectivity index (χ3v) is 7.95. The first kappa shape index (κ1) is 27.3. The highest BCUT2D eigenvalue weighted by molar-refractivity contribution is 6.24. The van der Waals surface area contributed by atoms with Crippen molar-refractivity contribution < 1.29 is 44.0 Å². The number of hydrogen-bond acceptors (Lipinski definition) is 9. The van der Waals surface area contributed by atoms with E-state index in [0.29, 0.717) is 0 Å². The Morgan fingerprint density at radius 1 is 1.18 bits per heavy atom. The predicted octanol–water partition coefficient (Wildman–Crippen LogP) is 0.628. The minimum absolute atomic E-state index is 0.0499. The summed E-state index contributed by atoms with van der Waals surface area (Å²) in [7, 11) is 4.81. The lowest BCUT2D eigenvalue weighted by Crippen LogP contribution is -2.57. The van der Waals surface area contributed by atoms with Gasteiger partial charge in [-0.15, -0.1) is 0 Å². The van der Waals surface area contributed by atoms with Crippen molar-refractivity contribution in [2.24, 2.45) is 17.6 Å². The molecule has 0 saturated heterocycles. The first-order valence-electron chi connectivity index (χ1n) is 12.0. The molecule has 0 aliphatic heterocycles. The number of phenols is 1. The molecule has 0 aromatic heterocycles. The summed E-state index contributed by atoms with van der Waals surface area (Å²) < 4.78 is 15.8. The highest BCUT2D eigenvalue weighted by Crippen LogP contribution is 2.51. The van der Waals surface area contributed by atoms with Gasteiger partial charge in [-0.25, -0.2) is 4.39 Å². The quantitative estimate of drug-likeness (QED) is 0.340. The van der Waals surface area contributed by atoms with E-state index in [1.807, 2.05) is 0 Å². The molecule has 1 aromatic rings. The number of ketones is 2. The van der Waals surface area contributed by atoms with Gasteiger partial charge in [-0.2, -0.15) is 0 Å². The number of aliphatic hydroxyl groups excluding tert-OH is 2. The van der Waals surface area contributed by atoms with E-state index >= 15 is 4.39 Å². The average Bonchev–Trinajstić information content (AvgIpc) is 2.82. The van der Waals surface area contributed by atoms with Crippen molar-refractivity contribution in [3.63, 3.8) is 0 Å². The second-order valence-electron chi connectivity index (χ2n) is 10.5. The van der Waals surface area contributed by atoms with E-state index in [2.05, 4.69) is 0 Å². The zero-order chi connectivity index (χ0) is 28.4. The number of aliphatic hydroxyl groups is 3. The van der Waals surface area contributed by atoms with Crippen molar-refractivity contribution in [2.45, 2.75) is 44.4 Å². The van der Waals surface area contributed by atoms with Crippen LogP contribution in [0.4, 0.5) is 4.39 Å². The molecular weight excluding hydrogens is 501 g/mol. The number of phenolic OH excluding ortho intramolecular Hbond substituents is 1. The van der Waals surface area contributed by atoms with E-state index in [0.717, 1.165) is 6.07 Å². The summed E-state index contributed by atoms with van der Waals surface area (Å²) in [5, 5.41) is 43.2. The van der Waals surface area contributed by atoms with Crippen LogP contribution in [0, 0.1) is 17.7 Å². The van der Waals surface area contributed by atoms with Crippen LogP contribution in [0.15, 0.2) is 28.7 Å². The zero-order valence-electron chi connectivity index (χ0n) is 21.4. The van der Waals surface area contributed by atoms with Gasteiger partial charge in [0.05, 0.1) is 11.6 Å². The van der Waals surface area contributed by atoms with Crippen LogP contribution in [0.3, 0.4) is 0 Å². The van der Waals surface area contributed by atoms with E-state index in [4.69, 9.17) is 5.73 Å². The van der Waals surface area contributed by atoms with Gasteiger partial charge in [0.15, 0.2) is 11.4 Å². The number of benzene rings is 1. The molecule has 0 heterocycles. The Balaban J connectivity index is 1.76. The Bertz CT molecular complexity index is 1350. The van der Waals surface area contributed by atoms with Gasteiger partial charge in [0.25, 0.3) is 5.91 Å². The fourth-order valence-electron chi connectivity index (χ4n) is 5.81. The number of allylic oxidation sites excluding steroid dienone is 2. The molecule has 204 valence electrons. The molecule has 2 amide bonds. The van der Waals surface area contributed by atoms with Gasteiger partial charge in [0.2, 0.25) is 11.7 Å². The van der Waals surface area contributed by atoms with Crippen LogP contribution in [0.5, 0.6) is 5.75 Å². The summed E-state index contributed by atoms with van der Waals surface area (Å²) in [6.45, 7) is 1.61. The molecule has 1 aromatic carbocycles. The van der Waals surface area contributed by atoms with Crippen LogP contribution in [0.2, 0.25) is 0 Å². The number of nitrogens with zero attached hydrogens (tertiary/aromatic N) is 2. The van der Waals surface area contributed by atoms with Crippen molar-refractivity contribution in [3.05, 3.63) is 51.2 Å². The molecule has 3 aliphatic rings. The molecule has 12 heteroatoms. The molecule has 0 bridgehead atoms. The van der Waals surface area contributed by atoms with E-state index in [1.54, 1.807) is 33.0 Å². The smallest absolute Gasteiger partial charge is 0.255 e. The molecule has 3 unspecified atom stereocenters. The van der Waals surface area contributed by atoms with Gasteiger partial charge in [-0.1, -0.05) is 0 Å². The lowest BCUT2D eigenvalue weighted by molar-refractivity contribution is -0.144. The van der Waals surface area contributed by atoms with Crippen LogP contribution in [0.25, 0.3) is 0 Å². The Hall–Kier alpha value is -3.77. The van der Waals surface area contributed by atoms with Crippen molar-refractivity contribution in [1.82, 2.24) is 9.80 Å². The van der Waals surface area contributed by atoms with Gasteiger partial charge < -0.3 is 31.1 Å². The normalized spacial score (nSPS) is 25.7. The number of amides is 2. The lowest BCUT2D eigenvalue weighted by Gasteiger charge is -2.45. The molecule has 0 fully saturated rings. The SMILES string of the molecule is C[C@H](C(=O)N(C)C)N(C)Cc1cc(O)c2c(c1F)CC1CC3CC(O)=C(C(N)=O)C(=O)C3(O)C(O)=C1C2=O. The molecule has 4 atom stereocenters. The molecule has 38 heavy (non-hydrogen) atoms. The van der Waals surface area contributed by atoms with Crippen molar-refractivity contribution in [1.29, 1.82) is 0 Å². The minimum Gasteiger partial charge on any atom is -0.511 e. The molecule has 11 nitrogen and oxygen atoms in total. The third kappa shape index (κ3) is 3.86. The average molecular weight is 532 g/mol. The number of halogens is 1.